The van der Waals surface area contributed by atoms with Gasteiger partial charge < -0.3 is 10.6 Å². The average Bonchev–Trinajstić information content (AvgIpc) is 3.17. The Morgan fingerprint density at radius 2 is 2.14 bits per heavy atom. The predicted octanol–water partition coefficient (Wildman–Crippen LogP) is 1.34. The maximum absolute atomic E-state index is 12.5. The van der Waals surface area contributed by atoms with Crippen molar-refractivity contribution >= 4 is 17.2 Å². The van der Waals surface area contributed by atoms with Crippen molar-refractivity contribution in [2.24, 2.45) is 5.73 Å². The highest BCUT2D eigenvalue weighted by Gasteiger charge is 2.32. The monoisotopic (exact) mass is 308 g/mol. The van der Waals surface area contributed by atoms with Crippen molar-refractivity contribution in [3.63, 3.8) is 0 Å². The first-order valence-corrected chi connectivity index (χ1v) is 8.83. The number of thiazole rings is 1. The van der Waals surface area contributed by atoms with Crippen molar-refractivity contribution in [1.82, 2.24) is 14.8 Å². The lowest BCUT2D eigenvalue weighted by molar-refractivity contribution is 0.0766. The number of carbonyl (C=O) groups excluding carboxylic acids is 1. The van der Waals surface area contributed by atoms with Crippen LogP contribution in [-0.4, -0.2) is 59.5 Å². The third-order valence-corrected chi connectivity index (χ3v) is 5.40. The van der Waals surface area contributed by atoms with Gasteiger partial charge in [0.1, 0.15) is 5.69 Å². The number of amides is 1. The van der Waals surface area contributed by atoms with E-state index in [1.54, 1.807) is 11.3 Å². The van der Waals surface area contributed by atoms with E-state index < -0.39 is 0 Å². The van der Waals surface area contributed by atoms with Crippen LogP contribution in [0.1, 0.15) is 41.2 Å². The van der Waals surface area contributed by atoms with Gasteiger partial charge >= 0.3 is 0 Å². The van der Waals surface area contributed by atoms with Crippen molar-refractivity contribution in [2.75, 3.05) is 32.7 Å². The van der Waals surface area contributed by atoms with Crippen LogP contribution in [0.25, 0.3) is 0 Å². The van der Waals surface area contributed by atoms with Gasteiger partial charge in [-0.1, -0.05) is 6.42 Å². The van der Waals surface area contributed by atoms with Crippen LogP contribution in [0.3, 0.4) is 0 Å². The summed E-state index contributed by atoms with van der Waals surface area (Å²) in [5, 5.41) is 2.84. The molecule has 0 spiro atoms. The van der Waals surface area contributed by atoms with Crippen LogP contribution in [0.5, 0.6) is 0 Å². The highest BCUT2D eigenvalue weighted by atomic mass is 32.1. The van der Waals surface area contributed by atoms with Crippen molar-refractivity contribution in [2.45, 2.75) is 38.1 Å². The van der Waals surface area contributed by atoms with Crippen LogP contribution < -0.4 is 5.73 Å². The highest BCUT2D eigenvalue weighted by Crippen LogP contribution is 2.22. The second-order valence-electron chi connectivity index (χ2n) is 5.96. The van der Waals surface area contributed by atoms with Gasteiger partial charge in [0.05, 0.1) is 5.01 Å². The molecule has 5 nitrogen and oxygen atoms in total. The summed E-state index contributed by atoms with van der Waals surface area (Å²) in [5.74, 6) is 0.0917. The first kappa shape index (κ1) is 14.9. The molecule has 1 aromatic rings. The largest absolute Gasteiger partial charge is 0.336 e. The molecule has 0 saturated carbocycles. The summed E-state index contributed by atoms with van der Waals surface area (Å²) in [6.45, 7) is 4.71. The highest BCUT2D eigenvalue weighted by molar-refractivity contribution is 7.09. The molecule has 116 valence electrons. The van der Waals surface area contributed by atoms with Crippen LogP contribution in [0, 0.1) is 0 Å². The van der Waals surface area contributed by atoms with Crippen LogP contribution >= 0.6 is 11.3 Å². The van der Waals surface area contributed by atoms with E-state index in [0.29, 0.717) is 18.3 Å². The Kier molecular flexibility index (Phi) is 4.87. The Hall–Kier alpha value is -0.980. The van der Waals surface area contributed by atoms with Crippen molar-refractivity contribution in [3.8, 4) is 0 Å². The van der Waals surface area contributed by atoms with Gasteiger partial charge in [-0.2, -0.15) is 0 Å². The molecule has 2 fully saturated rings. The molecule has 2 N–H and O–H groups in total. The average molecular weight is 308 g/mol. The molecule has 2 saturated heterocycles. The van der Waals surface area contributed by atoms with E-state index in [1.807, 2.05) is 10.3 Å². The molecule has 1 aromatic heterocycles. The van der Waals surface area contributed by atoms with Gasteiger partial charge in [0.15, 0.2) is 0 Å². The van der Waals surface area contributed by atoms with Crippen LogP contribution in [0.4, 0.5) is 0 Å². The summed E-state index contributed by atoms with van der Waals surface area (Å²) in [5.41, 5.74) is 6.13. The van der Waals surface area contributed by atoms with Crippen molar-refractivity contribution < 1.29 is 4.79 Å². The van der Waals surface area contributed by atoms with Crippen LogP contribution in [0.15, 0.2) is 5.38 Å². The fourth-order valence-electron chi connectivity index (χ4n) is 3.32. The van der Waals surface area contributed by atoms with Gasteiger partial charge in [0, 0.05) is 30.9 Å². The fraction of sp³-hybridized carbons (Fsp3) is 0.733. The molecule has 2 aliphatic heterocycles. The Morgan fingerprint density at radius 3 is 2.90 bits per heavy atom. The lowest BCUT2D eigenvalue weighted by Crippen LogP contribution is -2.41. The molecule has 3 rings (SSSR count). The number of carbonyl (C=O) groups is 1. The Bertz CT molecular complexity index is 484. The molecule has 1 amide bonds. The Balaban J connectivity index is 1.58. The number of rotatable bonds is 4. The van der Waals surface area contributed by atoms with E-state index in [4.69, 9.17) is 5.73 Å². The summed E-state index contributed by atoms with van der Waals surface area (Å²) >= 11 is 1.54. The predicted molar refractivity (Wildman–Crippen MR) is 84.6 cm³/mol. The van der Waals surface area contributed by atoms with Crippen LogP contribution in [0.2, 0.25) is 0 Å². The molecule has 6 heteroatoms. The minimum atomic E-state index is 0.0917. The van der Waals surface area contributed by atoms with Gasteiger partial charge in [-0.25, -0.2) is 4.98 Å². The zero-order valence-electron chi connectivity index (χ0n) is 12.5. The van der Waals surface area contributed by atoms with E-state index in [-0.39, 0.29) is 5.91 Å². The topological polar surface area (TPSA) is 62.5 Å². The van der Waals surface area contributed by atoms with E-state index in [2.05, 4.69) is 9.88 Å². The molecule has 21 heavy (non-hydrogen) atoms. The van der Waals surface area contributed by atoms with Gasteiger partial charge in [-0.3, -0.25) is 9.69 Å². The van der Waals surface area contributed by atoms with Crippen LogP contribution in [-0.2, 0) is 6.42 Å². The normalized spacial score (nSPS) is 23.7. The second-order valence-corrected chi connectivity index (χ2v) is 6.90. The molecule has 0 aliphatic carbocycles. The van der Waals surface area contributed by atoms with Gasteiger partial charge in [-0.15, -0.1) is 11.3 Å². The van der Waals surface area contributed by atoms with Gasteiger partial charge in [0.25, 0.3) is 5.91 Å². The fourth-order valence-corrected chi connectivity index (χ4v) is 4.11. The summed E-state index contributed by atoms with van der Waals surface area (Å²) in [6, 6.07) is 0.552. The van der Waals surface area contributed by atoms with Gasteiger partial charge in [-0.05, 0) is 38.9 Å². The summed E-state index contributed by atoms with van der Waals surface area (Å²) in [4.78, 5) is 21.5. The summed E-state index contributed by atoms with van der Waals surface area (Å²) < 4.78 is 0. The quantitative estimate of drug-likeness (QED) is 0.912. The zero-order valence-corrected chi connectivity index (χ0v) is 13.3. The molecule has 0 aromatic carbocycles. The first-order valence-electron chi connectivity index (χ1n) is 7.95. The maximum Gasteiger partial charge on any atom is 0.273 e. The number of likely N-dealkylation sites (tertiary alicyclic amines) is 2. The maximum atomic E-state index is 12.5. The molecule has 2 aliphatic rings. The SMILES string of the molecule is NCCc1nc(C(=O)N2CCC(N3CCCCC3)C2)cs1. The summed E-state index contributed by atoms with van der Waals surface area (Å²) in [7, 11) is 0. The van der Waals surface area contributed by atoms with Crippen molar-refractivity contribution in [3.05, 3.63) is 16.1 Å². The third-order valence-electron chi connectivity index (χ3n) is 4.49. The van der Waals surface area contributed by atoms with E-state index in [9.17, 15) is 4.79 Å². The molecular formula is C15H24N4OS. The Labute approximate surface area is 130 Å². The number of nitrogens with zero attached hydrogens (tertiary/aromatic N) is 3. The molecule has 1 atom stereocenters. The Morgan fingerprint density at radius 1 is 1.33 bits per heavy atom. The minimum absolute atomic E-state index is 0.0917. The first-order chi connectivity index (χ1) is 10.3. The number of hydrogen-bond donors (Lipinski definition) is 1. The van der Waals surface area contributed by atoms with Gasteiger partial charge in [0.2, 0.25) is 0 Å². The summed E-state index contributed by atoms with van der Waals surface area (Å²) in [6.07, 6.45) is 5.83. The number of hydrogen-bond acceptors (Lipinski definition) is 5. The molecule has 0 radical (unpaired) electrons. The molecule has 1 unspecified atom stereocenters. The standard InChI is InChI=1S/C15H24N4OS/c16-6-4-14-17-13(11-21-14)15(20)19-9-5-12(10-19)18-7-2-1-3-8-18/h11-12H,1-10,16H2. The van der Waals surface area contributed by atoms with Crippen molar-refractivity contribution in [1.29, 1.82) is 0 Å². The molecular weight excluding hydrogens is 284 g/mol. The van der Waals surface area contributed by atoms with E-state index >= 15 is 0 Å². The van der Waals surface area contributed by atoms with E-state index in [0.717, 1.165) is 30.9 Å². The zero-order chi connectivity index (χ0) is 14.7. The van der Waals surface area contributed by atoms with E-state index in [1.165, 1.54) is 32.4 Å². The lowest BCUT2D eigenvalue weighted by atomic mass is 10.1. The number of nitrogens with two attached hydrogens (primary N) is 1. The molecule has 3 heterocycles. The second kappa shape index (κ2) is 6.85. The molecule has 0 bridgehead atoms. The number of aromatic nitrogens is 1. The smallest absolute Gasteiger partial charge is 0.273 e. The number of piperidine rings is 1. The minimum Gasteiger partial charge on any atom is -0.336 e. The third kappa shape index (κ3) is 3.44. The lowest BCUT2D eigenvalue weighted by Gasteiger charge is -2.32.